The number of halogens is 1. The fourth-order valence-electron chi connectivity index (χ4n) is 1.77. The first-order valence-electron chi connectivity index (χ1n) is 6.46. The third-order valence-electron chi connectivity index (χ3n) is 2.93. The third-order valence-corrected chi connectivity index (χ3v) is 4.16. The number of nitrogens with one attached hydrogen (secondary N) is 1. The quantitative estimate of drug-likeness (QED) is 0.727. The summed E-state index contributed by atoms with van der Waals surface area (Å²) in [5, 5.41) is 2.83. The molecule has 1 aromatic carbocycles. The van der Waals surface area contributed by atoms with Gasteiger partial charge in [-0.1, -0.05) is 0 Å². The number of thioether (sulfide) groups is 1. The number of carbonyl (C=O) groups is 1. The van der Waals surface area contributed by atoms with Gasteiger partial charge in [-0.05, 0) is 52.1 Å². The minimum Gasteiger partial charge on any atom is -0.493 e. The zero-order valence-electron chi connectivity index (χ0n) is 12.4. The van der Waals surface area contributed by atoms with Crippen LogP contribution in [0, 0.1) is 0 Å². The van der Waals surface area contributed by atoms with Crippen molar-refractivity contribution in [2.45, 2.75) is 19.0 Å². The van der Waals surface area contributed by atoms with Crippen molar-refractivity contribution in [3.63, 3.8) is 0 Å². The molecule has 0 fully saturated rings. The molecule has 0 saturated carbocycles. The second-order valence-electron chi connectivity index (χ2n) is 4.42. The number of benzene rings is 1. The average molecular weight is 377 g/mol. The van der Waals surface area contributed by atoms with Gasteiger partial charge in [0.15, 0.2) is 11.5 Å². The highest BCUT2D eigenvalue weighted by Gasteiger charge is 2.14. The molecule has 0 spiro atoms. The summed E-state index contributed by atoms with van der Waals surface area (Å²) in [6.07, 6.45) is 2.66. The maximum atomic E-state index is 11.9. The van der Waals surface area contributed by atoms with Gasteiger partial charge in [0.1, 0.15) is 0 Å². The van der Waals surface area contributed by atoms with Gasteiger partial charge in [-0.2, -0.15) is 11.8 Å². The van der Waals surface area contributed by atoms with E-state index in [4.69, 9.17) is 15.2 Å². The van der Waals surface area contributed by atoms with E-state index in [9.17, 15) is 4.79 Å². The molecular formula is C14H21BrN2O3S. The van der Waals surface area contributed by atoms with Gasteiger partial charge in [0, 0.05) is 6.54 Å². The monoisotopic (exact) mass is 376 g/mol. The summed E-state index contributed by atoms with van der Waals surface area (Å²) >= 11 is 5.10. The molecule has 0 aliphatic heterocycles. The van der Waals surface area contributed by atoms with Gasteiger partial charge >= 0.3 is 0 Å². The van der Waals surface area contributed by atoms with Crippen LogP contribution in [0.4, 0.5) is 0 Å². The van der Waals surface area contributed by atoms with Crippen LogP contribution in [0.3, 0.4) is 0 Å². The van der Waals surface area contributed by atoms with Crippen LogP contribution < -0.4 is 20.5 Å². The smallest absolute Gasteiger partial charge is 0.237 e. The molecule has 0 aliphatic rings. The average Bonchev–Trinajstić information content (AvgIpc) is 2.49. The molecule has 0 heterocycles. The summed E-state index contributed by atoms with van der Waals surface area (Å²) in [5.74, 6) is 1.97. The zero-order chi connectivity index (χ0) is 15.8. The van der Waals surface area contributed by atoms with Gasteiger partial charge in [-0.25, -0.2) is 0 Å². The first kappa shape index (κ1) is 18.1. The van der Waals surface area contributed by atoms with Gasteiger partial charge in [-0.3, -0.25) is 4.79 Å². The molecule has 3 N–H and O–H groups in total. The van der Waals surface area contributed by atoms with E-state index in [2.05, 4.69) is 21.2 Å². The summed E-state index contributed by atoms with van der Waals surface area (Å²) < 4.78 is 11.3. The van der Waals surface area contributed by atoms with E-state index in [0.29, 0.717) is 24.5 Å². The van der Waals surface area contributed by atoms with Crippen molar-refractivity contribution < 1.29 is 14.3 Å². The highest BCUT2D eigenvalue weighted by Crippen LogP contribution is 2.36. The van der Waals surface area contributed by atoms with Crippen LogP contribution in [0.25, 0.3) is 0 Å². The number of rotatable bonds is 8. The van der Waals surface area contributed by atoms with E-state index >= 15 is 0 Å². The SMILES string of the molecule is COc1cc(CNC(=O)[C@@H](N)CCSC)cc(Br)c1OC. The Labute approximate surface area is 138 Å². The van der Waals surface area contributed by atoms with Gasteiger partial charge in [0.2, 0.25) is 5.91 Å². The summed E-state index contributed by atoms with van der Waals surface area (Å²) in [6, 6.07) is 3.24. The molecule has 0 aromatic heterocycles. The Balaban J connectivity index is 2.67. The molecule has 1 rings (SSSR count). The molecule has 21 heavy (non-hydrogen) atoms. The Morgan fingerprint density at radius 2 is 2.14 bits per heavy atom. The lowest BCUT2D eigenvalue weighted by Crippen LogP contribution is -2.40. The predicted molar refractivity (Wildman–Crippen MR) is 90.1 cm³/mol. The summed E-state index contributed by atoms with van der Waals surface area (Å²) in [5.41, 5.74) is 6.73. The van der Waals surface area contributed by atoms with Crippen LogP contribution in [0.2, 0.25) is 0 Å². The van der Waals surface area contributed by atoms with Gasteiger partial charge in [0.25, 0.3) is 0 Å². The van der Waals surface area contributed by atoms with Gasteiger partial charge in [0.05, 0.1) is 24.7 Å². The summed E-state index contributed by atoms with van der Waals surface area (Å²) in [7, 11) is 3.15. The van der Waals surface area contributed by atoms with Crippen molar-refractivity contribution in [1.82, 2.24) is 5.32 Å². The molecule has 118 valence electrons. The van der Waals surface area contributed by atoms with Crippen LogP contribution in [0.1, 0.15) is 12.0 Å². The number of methoxy groups -OCH3 is 2. The largest absolute Gasteiger partial charge is 0.493 e. The lowest BCUT2D eigenvalue weighted by atomic mass is 10.2. The van der Waals surface area contributed by atoms with E-state index in [1.165, 1.54) is 0 Å². The Morgan fingerprint density at radius 3 is 2.71 bits per heavy atom. The summed E-state index contributed by atoms with van der Waals surface area (Å²) in [4.78, 5) is 11.9. The Morgan fingerprint density at radius 1 is 1.43 bits per heavy atom. The predicted octanol–water partition coefficient (Wildman–Crippen LogP) is 2.16. The molecule has 0 aliphatic carbocycles. The van der Waals surface area contributed by atoms with Crippen molar-refractivity contribution in [2.75, 3.05) is 26.2 Å². The lowest BCUT2D eigenvalue weighted by Gasteiger charge is -2.14. The van der Waals surface area contributed by atoms with Crippen molar-refractivity contribution in [2.24, 2.45) is 5.73 Å². The fraction of sp³-hybridized carbons (Fsp3) is 0.500. The van der Waals surface area contributed by atoms with E-state index in [0.717, 1.165) is 15.8 Å². The highest BCUT2D eigenvalue weighted by atomic mass is 79.9. The Hall–Kier alpha value is -0.920. The van der Waals surface area contributed by atoms with E-state index in [-0.39, 0.29) is 5.91 Å². The number of nitrogens with two attached hydrogens (primary N) is 1. The number of hydrogen-bond acceptors (Lipinski definition) is 5. The maximum Gasteiger partial charge on any atom is 0.237 e. The lowest BCUT2D eigenvalue weighted by molar-refractivity contribution is -0.122. The molecule has 0 saturated heterocycles. The molecule has 1 aromatic rings. The van der Waals surface area contributed by atoms with Crippen molar-refractivity contribution in [3.05, 3.63) is 22.2 Å². The number of hydrogen-bond donors (Lipinski definition) is 2. The number of amides is 1. The second-order valence-corrected chi connectivity index (χ2v) is 6.26. The molecule has 0 radical (unpaired) electrons. The maximum absolute atomic E-state index is 11.9. The van der Waals surface area contributed by atoms with Crippen LogP contribution in [0.5, 0.6) is 11.5 Å². The first-order chi connectivity index (χ1) is 10.0. The van der Waals surface area contributed by atoms with E-state index in [1.807, 2.05) is 18.4 Å². The highest BCUT2D eigenvalue weighted by molar-refractivity contribution is 9.10. The van der Waals surface area contributed by atoms with Gasteiger partial charge < -0.3 is 20.5 Å². The Kier molecular flexibility index (Phi) is 7.92. The summed E-state index contributed by atoms with van der Waals surface area (Å²) in [6.45, 7) is 0.394. The van der Waals surface area contributed by atoms with Crippen molar-refractivity contribution in [1.29, 1.82) is 0 Å². The Bertz CT molecular complexity index is 486. The number of carbonyl (C=O) groups excluding carboxylic acids is 1. The van der Waals surface area contributed by atoms with Crippen molar-refractivity contribution >= 4 is 33.6 Å². The number of ether oxygens (including phenoxy) is 2. The molecule has 0 unspecified atom stereocenters. The van der Waals surface area contributed by atoms with Crippen LogP contribution in [0.15, 0.2) is 16.6 Å². The molecule has 0 bridgehead atoms. The molecule has 7 heteroatoms. The molecule has 1 atom stereocenters. The van der Waals surface area contributed by atoms with Crippen LogP contribution in [-0.4, -0.2) is 38.2 Å². The second kappa shape index (κ2) is 9.17. The fourth-order valence-corrected chi connectivity index (χ4v) is 2.91. The van der Waals surface area contributed by atoms with E-state index in [1.54, 1.807) is 26.0 Å². The topological polar surface area (TPSA) is 73.6 Å². The van der Waals surface area contributed by atoms with Crippen LogP contribution in [-0.2, 0) is 11.3 Å². The van der Waals surface area contributed by atoms with Gasteiger partial charge in [-0.15, -0.1) is 0 Å². The minimum atomic E-state index is -0.471. The normalized spacial score (nSPS) is 11.9. The van der Waals surface area contributed by atoms with Crippen LogP contribution >= 0.6 is 27.7 Å². The minimum absolute atomic E-state index is 0.144. The first-order valence-corrected chi connectivity index (χ1v) is 8.64. The molecule has 1 amide bonds. The van der Waals surface area contributed by atoms with Crippen molar-refractivity contribution in [3.8, 4) is 11.5 Å². The standard InChI is InChI=1S/C14H21BrN2O3S/c1-19-12-7-9(6-10(15)13(12)20-2)8-17-14(18)11(16)4-5-21-3/h6-7,11H,4-5,8,16H2,1-3H3,(H,17,18)/t11-/m0/s1. The molecular weight excluding hydrogens is 356 g/mol. The van der Waals surface area contributed by atoms with E-state index < -0.39 is 6.04 Å². The molecule has 5 nitrogen and oxygen atoms in total. The zero-order valence-corrected chi connectivity index (χ0v) is 14.8. The third kappa shape index (κ3) is 5.41.